The molecule has 1 saturated carbocycles. The zero-order chi connectivity index (χ0) is 39.4. The van der Waals surface area contributed by atoms with Gasteiger partial charge >= 0.3 is 12.4 Å². The van der Waals surface area contributed by atoms with Crippen molar-refractivity contribution in [1.82, 2.24) is 0 Å². The lowest BCUT2D eigenvalue weighted by molar-refractivity contribution is -0.143. The van der Waals surface area contributed by atoms with Crippen molar-refractivity contribution in [3.8, 4) is 17.2 Å². The number of allylic oxidation sites excluding steroid dienone is 2. The standard InChI is InChI=1S/C36H25Cl2F7N2O7/c1-53-24-9-15(10-25(54-2)28(24)48)27-21-7-8-22-26(30(50)46(29(22)49)20-12-16(35(40,41)42)11-17(13-20)36(43,44)45)23(21)14-33(37)31(51)47(32(52)34(27,33)38)19-5-3-18(39)4-6-19/h3-7,9-13,22-23,26-27,48H,8,14H2,1-2H3. The Hall–Kier alpha value is -4.83. The Morgan fingerprint density at radius 3 is 1.83 bits per heavy atom. The summed E-state index contributed by atoms with van der Waals surface area (Å²) >= 11 is 14.6. The Labute approximate surface area is 310 Å². The second kappa shape index (κ2) is 12.3. The van der Waals surface area contributed by atoms with Crippen molar-refractivity contribution in [2.45, 2.75) is 40.9 Å². The van der Waals surface area contributed by atoms with E-state index in [1.165, 1.54) is 32.4 Å². The van der Waals surface area contributed by atoms with Crippen molar-refractivity contribution in [1.29, 1.82) is 0 Å². The maximum atomic E-state index is 14.5. The summed E-state index contributed by atoms with van der Waals surface area (Å²) in [6, 6.07) is 7.19. The van der Waals surface area contributed by atoms with Crippen molar-refractivity contribution in [3.05, 3.63) is 88.8 Å². The highest BCUT2D eigenvalue weighted by Gasteiger charge is 2.76. The minimum atomic E-state index is -5.29. The third-order valence-electron chi connectivity index (χ3n) is 10.6. The average molecular weight is 801 g/mol. The molecule has 0 bridgehead atoms. The number of rotatable bonds is 5. The molecular weight excluding hydrogens is 776 g/mol. The third kappa shape index (κ3) is 5.27. The lowest BCUT2D eigenvalue weighted by atomic mass is 9.56. The number of carbonyl (C=O) groups is 4. The number of carbonyl (C=O) groups excluding carboxylic acids is 4. The molecule has 4 amide bonds. The number of aromatic hydroxyl groups is 1. The highest BCUT2D eigenvalue weighted by molar-refractivity contribution is 6.58. The van der Waals surface area contributed by atoms with Gasteiger partial charge in [0.1, 0.15) is 5.82 Å². The van der Waals surface area contributed by atoms with Gasteiger partial charge < -0.3 is 14.6 Å². The largest absolute Gasteiger partial charge is 0.502 e. The average Bonchev–Trinajstić information content (AvgIpc) is 3.45. The number of fused-ring (bicyclic) bond motifs is 4. The maximum Gasteiger partial charge on any atom is 0.416 e. The van der Waals surface area contributed by atoms with Gasteiger partial charge in [-0.2, -0.15) is 26.3 Å². The molecule has 54 heavy (non-hydrogen) atoms. The summed E-state index contributed by atoms with van der Waals surface area (Å²) in [5.74, 6) is -11.4. The van der Waals surface area contributed by atoms with E-state index in [0.717, 1.165) is 24.3 Å². The van der Waals surface area contributed by atoms with E-state index in [0.29, 0.717) is 4.90 Å². The van der Waals surface area contributed by atoms with Gasteiger partial charge in [-0.05, 0) is 78.9 Å². The van der Waals surface area contributed by atoms with E-state index in [2.05, 4.69) is 0 Å². The highest BCUT2D eigenvalue weighted by atomic mass is 35.5. The molecule has 2 aliphatic heterocycles. The van der Waals surface area contributed by atoms with Gasteiger partial charge in [-0.15, -0.1) is 23.2 Å². The van der Waals surface area contributed by atoms with E-state index in [4.69, 9.17) is 32.7 Å². The molecule has 4 aliphatic rings. The number of methoxy groups -OCH3 is 2. The SMILES string of the molecule is COc1cc(C2C3=CCC4C(=O)N(c5cc(C(F)(F)F)cc(C(F)(F)F)c5)C(=O)C4C3CC3(Cl)C(=O)N(c4ccc(F)cc4)C(=O)C23Cl)cc(OC)c1O. The van der Waals surface area contributed by atoms with Crippen LogP contribution in [0.4, 0.5) is 42.1 Å². The van der Waals surface area contributed by atoms with Crippen molar-refractivity contribution in [3.63, 3.8) is 0 Å². The number of halogens is 9. The zero-order valence-corrected chi connectivity index (χ0v) is 29.2. The summed E-state index contributed by atoms with van der Waals surface area (Å²) in [7, 11) is 2.43. The number of hydrogen-bond donors (Lipinski definition) is 1. The van der Waals surface area contributed by atoms with Gasteiger partial charge in [0.2, 0.25) is 17.6 Å². The summed E-state index contributed by atoms with van der Waals surface area (Å²) in [5, 5.41) is 10.7. The molecule has 6 atom stereocenters. The first-order chi connectivity index (χ1) is 25.2. The molecule has 3 fully saturated rings. The monoisotopic (exact) mass is 800 g/mol. The van der Waals surface area contributed by atoms with Gasteiger partial charge in [0.05, 0.1) is 48.6 Å². The molecule has 7 rings (SSSR count). The molecule has 9 nitrogen and oxygen atoms in total. The van der Waals surface area contributed by atoms with Crippen LogP contribution in [-0.4, -0.2) is 52.7 Å². The van der Waals surface area contributed by atoms with E-state index >= 15 is 0 Å². The van der Waals surface area contributed by atoms with Crippen molar-refractivity contribution < 1.29 is 64.5 Å². The van der Waals surface area contributed by atoms with Gasteiger partial charge in [-0.3, -0.25) is 19.2 Å². The Morgan fingerprint density at radius 2 is 1.31 bits per heavy atom. The smallest absolute Gasteiger partial charge is 0.416 e. The molecular formula is C36H25Cl2F7N2O7. The van der Waals surface area contributed by atoms with Gasteiger partial charge in [-0.25, -0.2) is 14.2 Å². The van der Waals surface area contributed by atoms with Crippen LogP contribution < -0.4 is 19.3 Å². The summed E-state index contributed by atoms with van der Waals surface area (Å²) in [5.41, 5.74) is -4.31. The van der Waals surface area contributed by atoms with Gasteiger partial charge in [0.15, 0.2) is 21.2 Å². The lowest BCUT2D eigenvalue weighted by Crippen LogP contribution is -2.60. The van der Waals surface area contributed by atoms with Gasteiger partial charge in [-0.1, -0.05) is 11.6 Å². The van der Waals surface area contributed by atoms with Crippen molar-refractivity contribution in [2.75, 3.05) is 24.0 Å². The fourth-order valence-corrected chi connectivity index (χ4v) is 9.11. The second-order valence-corrected chi connectivity index (χ2v) is 14.5. The Morgan fingerprint density at radius 1 is 0.759 bits per heavy atom. The molecule has 2 saturated heterocycles. The Bertz CT molecular complexity index is 2120. The van der Waals surface area contributed by atoms with E-state index < -0.39 is 104 Å². The number of ether oxygens (including phenoxy) is 2. The quantitative estimate of drug-likeness (QED) is 0.124. The predicted octanol–water partition coefficient (Wildman–Crippen LogP) is 7.35. The number of anilines is 2. The molecule has 2 aliphatic carbocycles. The Balaban J connectivity index is 1.41. The maximum absolute atomic E-state index is 14.5. The number of phenols is 1. The topological polar surface area (TPSA) is 113 Å². The molecule has 3 aromatic carbocycles. The molecule has 0 spiro atoms. The van der Waals surface area contributed by atoms with Crippen LogP contribution in [0.25, 0.3) is 0 Å². The number of imide groups is 2. The number of hydrogen-bond acceptors (Lipinski definition) is 7. The fourth-order valence-electron chi connectivity index (χ4n) is 8.18. The summed E-state index contributed by atoms with van der Waals surface area (Å²) in [6.45, 7) is 0. The third-order valence-corrected chi connectivity index (χ3v) is 12.0. The molecule has 0 aromatic heterocycles. The summed E-state index contributed by atoms with van der Waals surface area (Å²) < 4.78 is 107. The van der Waals surface area contributed by atoms with Crippen LogP contribution in [-0.2, 0) is 31.5 Å². The first-order valence-corrected chi connectivity index (χ1v) is 16.8. The molecule has 284 valence electrons. The van der Waals surface area contributed by atoms with Crippen LogP contribution in [0.3, 0.4) is 0 Å². The minimum Gasteiger partial charge on any atom is -0.502 e. The van der Waals surface area contributed by atoms with Crippen LogP contribution in [0, 0.1) is 23.6 Å². The first kappa shape index (κ1) is 37.5. The second-order valence-electron chi connectivity index (χ2n) is 13.3. The van der Waals surface area contributed by atoms with E-state index in [1.807, 2.05) is 0 Å². The Kier molecular flexibility index (Phi) is 8.57. The molecule has 3 aromatic rings. The normalized spacial score (nSPS) is 28.2. The first-order valence-electron chi connectivity index (χ1n) is 16.0. The fraction of sp³-hybridized carbons (Fsp3) is 0.333. The number of amides is 4. The van der Waals surface area contributed by atoms with E-state index in [1.54, 1.807) is 0 Å². The molecule has 2 heterocycles. The van der Waals surface area contributed by atoms with Crippen LogP contribution in [0.5, 0.6) is 17.2 Å². The van der Waals surface area contributed by atoms with Gasteiger partial charge in [0, 0.05) is 5.92 Å². The van der Waals surface area contributed by atoms with E-state index in [-0.39, 0.29) is 57.8 Å². The number of phenolic OH excluding ortho intramolecular Hbond substituents is 1. The molecule has 6 unspecified atom stereocenters. The van der Waals surface area contributed by atoms with Crippen LogP contribution in [0.1, 0.15) is 35.4 Å². The minimum absolute atomic E-state index is 0.0827. The highest BCUT2D eigenvalue weighted by Crippen LogP contribution is 2.66. The zero-order valence-electron chi connectivity index (χ0n) is 27.7. The van der Waals surface area contributed by atoms with E-state index in [9.17, 15) is 55.0 Å². The number of benzene rings is 3. The molecule has 1 N–H and O–H groups in total. The van der Waals surface area contributed by atoms with Gasteiger partial charge in [0.25, 0.3) is 11.8 Å². The predicted molar refractivity (Wildman–Crippen MR) is 177 cm³/mol. The number of nitrogens with zero attached hydrogens (tertiary/aromatic N) is 2. The molecule has 18 heteroatoms. The van der Waals surface area contributed by atoms with Crippen LogP contribution in [0.2, 0.25) is 0 Å². The van der Waals surface area contributed by atoms with Crippen molar-refractivity contribution in [2.24, 2.45) is 17.8 Å². The van der Waals surface area contributed by atoms with Crippen LogP contribution in [0.15, 0.2) is 66.2 Å². The number of alkyl halides is 8. The summed E-state index contributed by atoms with van der Waals surface area (Å²) in [4.78, 5) is 53.3. The van der Waals surface area contributed by atoms with Crippen molar-refractivity contribution >= 4 is 58.2 Å². The lowest BCUT2D eigenvalue weighted by Gasteiger charge is -2.50. The summed E-state index contributed by atoms with van der Waals surface area (Å²) in [6.07, 6.45) is -9.97. The molecule has 0 radical (unpaired) electrons. The van der Waals surface area contributed by atoms with Crippen LogP contribution >= 0.6 is 23.2 Å².